The summed E-state index contributed by atoms with van der Waals surface area (Å²) in [6.07, 6.45) is 0.954. The van der Waals surface area contributed by atoms with Crippen molar-refractivity contribution in [3.05, 3.63) is 65.9 Å². The summed E-state index contributed by atoms with van der Waals surface area (Å²) in [6.45, 7) is 2.10. The maximum atomic E-state index is 12.2. The Morgan fingerprint density at radius 1 is 1.10 bits per heavy atom. The van der Waals surface area contributed by atoms with Gasteiger partial charge in [0.05, 0.1) is 0 Å². The van der Waals surface area contributed by atoms with Gasteiger partial charge in [-0.15, -0.1) is 0 Å². The Kier molecular flexibility index (Phi) is 3.25. The molecule has 0 unspecified atom stereocenters. The molecule has 3 aromatic rings. The van der Waals surface area contributed by atoms with Gasteiger partial charge in [-0.3, -0.25) is 4.79 Å². The van der Waals surface area contributed by atoms with Crippen LogP contribution in [0, 0.1) is 0 Å². The van der Waals surface area contributed by atoms with Crippen molar-refractivity contribution in [2.45, 2.75) is 13.3 Å². The van der Waals surface area contributed by atoms with Gasteiger partial charge in [0.1, 0.15) is 5.69 Å². The second-order valence-corrected chi connectivity index (χ2v) is 4.78. The first-order valence-corrected chi connectivity index (χ1v) is 6.74. The van der Waals surface area contributed by atoms with E-state index in [2.05, 4.69) is 23.3 Å². The average molecular weight is 264 g/mol. The third kappa shape index (κ3) is 2.43. The summed E-state index contributed by atoms with van der Waals surface area (Å²) in [4.78, 5) is 15.4. The summed E-state index contributed by atoms with van der Waals surface area (Å²) in [5.74, 6) is -0.116. The van der Waals surface area contributed by atoms with Crippen LogP contribution in [-0.2, 0) is 6.42 Å². The molecular weight excluding hydrogens is 248 g/mol. The number of anilines is 1. The standard InChI is InChI=1S/C17H16N2O/c1-2-12-6-5-8-14(10-12)18-17(20)16-11-13-7-3-4-9-15(13)19-16/h3-11,19H,2H2,1H3,(H,18,20). The fourth-order valence-corrected chi connectivity index (χ4v) is 2.26. The van der Waals surface area contributed by atoms with Crippen LogP contribution in [0.3, 0.4) is 0 Å². The normalized spacial score (nSPS) is 10.7. The van der Waals surface area contributed by atoms with Crippen molar-refractivity contribution in [2.24, 2.45) is 0 Å². The number of rotatable bonds is 3. The predicted molar refractivity (Wildman–Crippen MR) is 82.1 cm³/mol. The van der Waals surface area contributed by atoms with Crippen LogP contribution in [0.5, 0.6) is 0 Å². The number of aromatic amines is 1. The van der Waals surface area contributed by atoms with Gasteiger partial charge in [-0.1, -0.05) is 37.3 Å². The number of aryl methyl sites for hydroxylation is 1. The Labute approximate surface area is 117 Å². The first-order chi connectivity index (χ1) is 9.76. The van der Waals surface area contributed by atoms with Crippen molar-refractivity contribution >= 4 is 22.5 Å². The Morgan fingerprint density at radius 2 is 1.95 bits per heavy atom. The van der Waals surface area contributed by atoms with Crippen LogP contribution in [-0.4, -0.2) is 10.9 Å². The van der Waals surface area contributed by atoms with Crippen LogP contribution in [0.1, 0.15) is 23.0 Å². The maximum absolute atomic E-state index is 12.2. The number of H-pyrrole nitrogens is 1. The van der Waals surface area contributed by atoms with Gasteiger partial charge in [0.2, 0.25) is 0 Å². The summed E-state index contributed by atoms with van der Waals surface area (Å²) in [6, 6.07) is 17.6. The fourth-order valence-electron chi connectivity index (χ4n) is 2.26. The highest BCUT2D eigenvalue weighted by Gasteiger charge is 2.09. The number of hydrogen-bond donors (Lipinski definition) is 2. The molecule has 0 spiro atoms. The minimum atomic E-state index is -0.116. The molecule has 1 amide bonds. The summed E-state index contributed by atoms with van der Waals surface area (Å²) < 4.78 is 0. The van der Waals surface area contributed by atoms with Gasteiger partial charge >= 0.3 is 0 Å². The largest absolute Gasteiger partial charge is 0.351 e. The number of para-hydroxylation sites is 1. The number of aromatic nitrogens is 1. The van der Waals surface area contributed by atoms with Crippen LogP contribution < -0.4 is 5.32 Å². The molecule has 0 saturated heterocycles. The number of hydrogen-bond acceptors (Lipinski definition) is 1. The van der Waals surface area contributed by atoms with Gasteiger partial charge in [-0.2, -0.15) is 0 Å². The lowest BCUT2D eigenvalue weighted by Crippen LogP contribution is -2.12. The summed E-state index contributed by atoms with van der Waals surface area (Å²) in [7, 11) is 0. The molecule has 0 atom stereocenters. The molecule has 0 bridgehead atoms. The summed E-state index contributed by atoms with van der Waals surface area (Å²) in [5.41, 5.74) is 3.58. The molecule has 2 aromatic carbocycles. The predicted octanol–water partition coefficient (Wildman–Crippen LogP) is 3.98. The van der Waals surface area contributed by atoms with Gasteiger partial charge in [-0.05, 0) is 36.2 Å². The Bertz CT molecular complexity index is 725. The van der Waals surface area contributed by atoms with Crippen LogP contribution in [0.15, 0.2) is 54.6 Å². The Hall–Kier alpha value is -2.55. The molecule has 3 heteroatoms. The smallest absolute Gasteiger partial charge is 0.272 e. The number of amides is 1. The number of fused-ring (bicyclic) bond motifs is 1. The van der Waals surface area contributed by atoms with E-state index in [1.54, 1.807) is 0 Å². The van der Waals surface area contributed by atoms with E-state index in [1.807, 2.05) is 48.5 Å². The number of benzene rings is 2. The zero-order valence-electron chi connectivity index (χ0n) is 11.3. The van der Waals surface area contributed by atoms with Crippen LogP contribution in [0.25, 0.3) is 10.9 Å². The van der Waals surface area contributed by atoms with E-state index in [1.165, 1.54) is 5.56 Å². The zero-order chi connectivity index (χ0) is 13.9. The van der Waals surface area contributed by atoms with E-state index < -0.39 is 0 Å². The second kappa shape index (κ2) is 5.21. The van der Waals surface area contributed by atoms with E-state index in [0.717, 1.165) is 23.0 Å². The molecule has 0 fully saturated rings. The Morgan fingerprint density at radius 3 is 2.75 bits per heavy atom. The van der Waals surface area contributed by atoms with Crippen molar-refractivity contribution in [3.8, 4) is 0 Å². The van der Waals surface area contributed by atoms with Gasteiger partial charge in [0.15, 0.2) is 0 Å². The molecule has 0 aliphatic heterocycles. The van der Waals surface area contributed by atoms with Crippen molar-refractivity contribution in [1.29, 1.82) is 0 Å². The number of carbonyl (C=O) groups excluding carboxylic acids is 1. The van der Waals surface area contributed by atoms with Crippen LogP contribution in [0.2, 0.25) is 0 Å². The molecule has 3 rings (SSSR count). The van der Waals surface area contributed by atoms with Crippen molar-refractivity contribution in [1.82, 2.24) is 4.98 Å². The van der Waals surface area contributed by atoms with Crippen molar-refractivity contribution < 1.29 is 4.79 Å². The number of nitrogens with one attached hydrogen (secondary N) is 2. The molecule has 0 aliphatic carbocycles. The molecule has 0 saturated carbocycles. The zero-order valence-corrected chi connectivity index (χ0v) is 11.3. The molecule has 0 radical (unpaired) electrons. The molecule has 1 heterocycles. The van der Waals surface area contributed by atoms with E-state index in [-0.39, 0.29) is 5.91 Å². The first-order valence-electron chi connectivity index (χ1n) is 6.74. The van der Waals surface area contributed by atoms with Crippen LogP contribution in [0.4, 0.5) is 5.69 Å². The lowest BCUT2D eigenvalue weighted by atomic mass is 10.1. The monoisotopic (exact) mass is 264 g/mol. The molecule has 0 aliphatic rings. The third-order valence-electron chi connectivity index (χ3n) is 3.37. The second-order valence-electron chi connectivity index (χ2n) is 4.78. The van der Waals surface area contributed by atoms with Gasteiger partial charge < -0.3 is 10.3 Å². The van der Waals surface area contributed by atoms with Crippen molar-refractivity contribution in [3.63, 3.8) is 0 Å². The molecule has 1 aromatic heterocycles. The quantitative estimate of drug-likeness (QED) is 0.738. The average Bonchev–Trinajstić information content (AvgIpc) is 2.91. The van der Waals surface area contributed by atoms with Gasteiger partial charge in [0, 0.05) is 16.6 Å². The van der Waals surface area contributed by atoms with E-state index >= 15 is 0 Å². The lowest BCUT2D eigenvalue weighted by molar-refractivity contribution is 0.102. The maximum Gasteiger partial charge on any atom is 0.272 e. The summed E-state index contributed by atoms with van der Waals surface area (Å²) >= 11 is 0. The first kappa shape index (κ1) is 12.5. The minimum absolute atomic E-state index is 0.116. The fraction of sp³-hybridized carbons (Fsp3) is 0.118. The highest BCUT2D eigenvalue weighted by atomic mass is 16.1. The lowest BCUT2D eigenvalue weighted by Gasteiger charge is -2.05. The SMILES string of the molecule is CCc1cccc(NC(=O)c2cc3ccccc3[nH]2)c1. The molecular formula is C17H16N2O. The van der Waals surface area contributed by atoms with Crippen molar-refractivity contribution in [2.75, 3.05) is 5.32 Å². The molecule has 2 N–H and O–H groups in total. The highest BCUT2D eigenvalue weighted by Crippen LogP contribution is 2.17. The van der Waals surface area contributed by atoms with E-state index in [0.29, 0.717) is 5.69 Å². The van der Waals surface area contributed by atoms with Gasteiger partial charge in [-0.25, -0.2) is 0 Å². The topological polar surface area (TPSA) is 44.9 Å². The van der Waals surface area contributed by atoms with E-state index in [4.69, 9.17) is 0 Å². The molecule has 3 nitrogen and oxygen atoms in total. The van der Waals surface area contributed by atoms with E-state index in [9.17, 15) is 4.79 Å². The van der Waals surface area contributed by atoms with Gasteiger partial charge in [0.25, 0.3) is 5.91 Å². The minimum Gasteiger partial charge on any atom is -0.351 e. The Balaban J connectivity index is 1.85. The highest BCUT2D eigenvalue weighted by molar-refractivity contribution is 6.05. The van der Waals surface area contributed by atoms with Crippen LogP contribution >= 0.6 is 0 Å². The molecule has 100 valence electrons. The summed E-state index contributed by atoms with van der Waals surface area (Å²) in [5, 5.41) is 3.97. The third-order valence-corrected chi connectivity index (χ3v) is 3.37. The number of carbonyl (C=O) groups is 1. The molecule has 20 heavy (non-hydrogen) atoms.